The van der Waals surface area contributed by atoms with Gasteiger partial charge in [-0.1, -0.05) is 17.7 Å². The van der Waals surface area contributed by atoms with E-state index in [0.29, 0.717) is 4.88 Å². The van der Waals surface area contributed by atoms with Gasteiger partial charge >= 0.3 is 0 Å². The molecule has 3 aromatic rings. The fourth-order valence-electron chi connectivity index (χ4n) is 1.79. The first kappa shape index (κ1) is 14.7. The molecule has 3 rings (SSSR count). The number of carbonyl (C=O) groups is 1. The van der Waals surface area contributed by atoms with Crippen molar-refractivity contribution in [3.05, 3.63) is 49.9 Å². The highest BCUT2D eigenvalue weighted by atomic mass is 35.5. The van der Waals surface area contributed by atoms with E-state index in [1.165, 1.54) is 22.7 Å². The molecule has 21 heavy (non-hydrogen) atoms. The van der Waals surface area contributed by atoms with Gasteiger partial charge in [-0.3, -0.25) is 4.79 Å². The molecule has 0 aliphatic rings. The summed E-state index contributed by atoms with van der Waals surface area (Å²) in [5, 5.41) is 5.85. The molecule has 0 aliphatic heterocycles. The summed E-state index contributed by atoms with van der Waals surface area (Å²) in [7, 11) is 0. The molecule has 0 bridgehead atoms. The maximum absolute atomic E-state index is 12.3. The van der Waals surface area contributed by atoms with Crippen molar-refractivity contribution in [1.29, 1.82) is 0 Å². The maximum atomic E-state index is 12.3. The number of hydrogen-bond donors (Lipinski definition) is 1. The van der Waals surface area contributed by atoms with E-state index in [2.05, 4.69) is 10.3 Å². The van der Waals surface area contributed by atoms with Gasteiger partial charge in [0.05, 0.1) is 21.5 Å². The lowest BCUT2D eigenvalue weighted by molar-refractivity contribution is 0.0944. The molecule has 3 heterocycles. The Kier molecular flexibility index (Phi) is 4.40. The highest BCUT2D eigenvalue weighted by Gasteiger charge is 2.16. The second-order valence-electron chi connectivity index (χ2n) is 4.34. The summed E-state index contributed by atoms with van der Waals surface area (Å²) in [4.78, 5) is 19.3. The van der Waals surface area contributed by atoms with Crippen LogP contribution >= 0.6 is 45.6 Å². The van der Waals surface area contributed by atoms with Crippen LogP contribution in [0.1, 0.15) is 27.5 Å². The van der Waals surface area contributed by atoms with Gasteiger partial charge in [0.15, 0.2) is 0 Å². The van der Waals surface area contributed by atoms with Gasteiger partial charge in [-0.25, -0.2) is 4.98 Å². The van der Waals surface area contributed by atoms with Crippen LogP contribution in [0.4, 0.5) is 0 Å². The minimum absolute atomic E-state index is 0.0673. The standard InChI is InChI=1S/C14H11ClN2OS3/c1-8(9-4-5-12(15)20-9)17-13(18)11-7-16-14(21-11)10-3-2-6-19-10/h2-8H,1H3,(H,17,18). The molecule has 1 amide bonds. The minimum Gasteiger partial charge on any atom is -0.344 e. The van der Waals surface area contributed by atoms with Crippen molar-refractivity contribution >= 4 is 51.5 Å². The van der Waals surface area contributed by atoms with E-state index in [9.17, 15) is 4.79 Å². The molecule has 0 aliphatic carbocycles. The SMILES string of the molecule is CC(NC(=O)c1cnc(-c2cccs2)s1)c1ccc(Cl)s1. The minimum atomic E-state index is -0.104. The van der Waals surface area contributed by atoms with E-state index < -0.39 is 0 Å². The number of amides is 1. The van der Waals surface area contributed by atoms with Gasteiger partial charge in [-0.2, -0.15) is 0 Å². The number of halogens is 1. The van der Waals surface area contributed by atoms with E-state index in [4.69, 9.17) is 11.6 Å². The number of nitrogens with zero attached hydrogens (tertiary/aromatic N) is 1. The topological polar surface area (TPSA) is 42.0 Å². The average Bonchev–Trinajstić information content (AvgIpc) is 3.19. The van der Waals surface area contributed by atoms with Crippen LogP contribution in [0, 0.1) is 0 Å². The predicted octanol–water partition coefficient (Wildman–Crippen LogP) is 5.08. The number of thiophene rings is 2. The van der Waals surface area contributed by atoms with Crippen LogP contribution in [-0.2, 0) is 0 Å². The Hall–Kier alpha value is -1.21. The second-order valence-corrected chi connectivity index (χ2v) is 8.07. The van der Waals surface area contributed by atoms with Gasteiger partial charge in [-0.15, -0.1) is 34.0 Å². The molecular formula is C14H11ClN2OS3. The zero-order valence-electron chi connectivity index (χ0n) is 11.0. The first-order valence-corrected chi connectivity index (χ1v) is 9.08. The molecule has 0 saturated heterocycles. The molecule has 0 radical (unpaired) electrons. The largest absolute Gasteiger partial charge is 0.344 e. The normalized spacial score (nSPS) is 12.3. The molecule has 108 valence electrons. The van der Waals surface area contributed by atoms with E-state index in [-0.39, 0.29) is 11.9 Å². The molecular weight excluding hydrogens is 344 g/mol. The van der Waals surface area contributed by atoms with E-state index in [0.717, 1.165) is 19.1 Å². The lowest BCUT2D eigenvalue weighted by atomic mass is 10.2. The van der Waals surface area contributed by atoms with Crippen molar-refractivity contribution in [1.82, 2.24) is 10.3 Å². The molecule has 0 aromatic carbocycles. The maximum Gasteiger partial charge on any atom is 0.263 e. The molecule has 0 fully saturated rings. The number of aromatic nitrogens is 1. The summed E-state index contributed by atoms with van der Waals surface area (Å²) in [5.41, 5.74) is 0. The fourth-order valence-corrected chi connectivity index (χ4v) is 4.48. The predicted molar refractivity (Wildman–Crippen MR) is 90.6 cm³/mol. The Morgan fingerprint density at radius 3 is 2.86 bits per heavy atom. The van der Waals surface area contributed by atoms with Crippen LogP contribution in [0.25, 0.3) is 9.88 Å². The van der Waals surface area contributed by atoms with E-state index in [1.807, 2.05) is 36.6 Å². The average molecular weight is 355 g/mol. The van der Waals surface area contributed by atoms with Crippen molar-refractivity contribution < 1.29 is 4.79 Å². The highest BCUT2D eigenvalue weighted by molar-refractivity contribution is 7.22. The molecule has 0 spiro atoms. The zero-order valence-corrected chi connectivity index (χ0v) is 14.2. The van der Waals surface area contributed by atoms with Gasteiger partial charge in [0.25, 0.3) is 5.91 Å². The van der Waals surface area contributed by atoms with Crippen LogP contribution < -0.4 is 5.32 Å². The van der Waals surface area contributed by atoms with Crippen LogP contribution in [0.5, 0.6) is 0 Å². The lowest BCUT2D eigenvalue weighted by Gasteiger charge is -2.10. The van der Waals surface area contributed by atoms with Gasteiger partial charge in [0.1, 0.15) is 9.88 Å². The summed E-state index contributed by atoms with van der Waals surface area (Å²) < 4.78 is 0.726. The van der Waals surface area contributed by atoms with E-state index in [1.54, 1.807) is 17.5 Å². The number of nitrogens with one attached hydrogen (secondary N) is 1. The zero-order chi connectivity index (χ0) is 14.8. The Bertz CT molecular complexity index is 748. The quantitative estimate of drug-likeness (QED) is 0.710. The van der Waals surface area contributed by atoms with Crippen LogP contribution in [0.2, 0.25) is 4.34 Å². The van der Waals surface area contributed by atoms with Gasteiger partial charge in [0.2, 0.25) is 0 Å². The smallest absolute Gasteiger partial charge is 0.263 e. The molecule has 1 unspecified atom stereocenters. The number of hydrogen-bond acceptors (Lipinski definition) is 5. The summed E-state index contributed by atoms with van der Waals surface area (Å²) in [6.45, 7) is 1.95. The number of carbonyl (C=O) groups excluding carboxylic acids is 1. The summed E-state index contributed by atoms with van der Waals surface area (Å²) in [5.74, 6) is -0.104. The molecule has 7 heteroatoms. The van der Waals surface area contributed by atoms with Crippen molar-refractivity contribution in [3.63, 3.8) is 0 Å². The van der Waals surface area contributed by atoms with E-state index >= 15 is 0 Å². The van der Waals surface area contributed by atoms with Crippen LogP contribution in [-0.4, -0.2) is 10.9 Å². The number of rotatable bonds is 4. The summed E-state index contributed by atoms with van der Waals surface area (Å²) in [6.07, 6.45) is 1.63. The summed E-state index contributed by atoms with van der Waals surface area (Å²) in [6, 6.07) is 7.68. The fraction of sp³-hybridized carbons (Fsp3) is 0.143. The Balaban J connectivity index is 1.71. The number of thiazole rings is 1. The Morgan fingerprint density at radius 2 is 2.19 bits per heavy atom. The van der Waals surface area contributed by atoms with Crippen molar-refractivity contribution in [3.8, 4) is 9.88 Å². The second kappa shape index (κ2) is 6.27. The molecule has 0 saturated carbocycles. The first-order valence-electron chi connectivity index (χ1n) is 6.19. The Labute approximate surface area is 139 Å². The summed E-state index contributed by atoms with van der Waals surface area (Å²) >= 11 is 10.4. The van der Waals surface area contributed by atoms with Gasteiger partial charge in [0, 0.05) is 4.88 Å². The Morgan fingerprint density at radius 1 is 1.33 bits per heavy atom. The van der Waals surface area contributed by atoms with Gasteiger partial charge in [-0.05, 0) is 30.5 Å². The lowest BCUT2D eigenvalue weighted by Crippen LogP contribution is -2.25. The molecule has 3 aromatic heterocycles. The van der Waals surface area contributed by atoms with Crippen molar-refractivity contribution in [2.75, 3.05) is 0 Å². The molecule has 1 atom stereocenters. The van der Waals surface area contributed by atoms with Crippen molar-refractivity contribution in [2.24, 2.45) is 0 Å². The highest BCUT2D eigenvalue weighted by Crippen LogP contribution is 2.30. The van der Waals surface area contributed by atoms with Crippen molar-refractivity contribution in [2.45, 2.75) is 13.0 Å². The van der Waals surface area contributed by atoms with Gasteiger partial charge < -0.3 is 5.32 Å². The third-order valence-corrected chi connectivity index (χ3v) is 6.28. The third-order valence-electron chi connectivity index (χ3n) is 2.83. The molecule has 3 nitrogen and oxygen atoms in total. The third kappa shape index (κ3) is 3.35. The van der Waals surface area contributed by atoms with Crippen LogP contribution in [0.15, 0.2) is 35.8 Å². The molecule has 1 N–H and O–H groups in total. The monoisotopic (exact) mass is 354 g/mol. The van der Waals surface area contributed by atoms with Crippen LogP contribution in [0.3, 0.4) is 0 Å². The first-order chi connectivity index (χ1) is 10.1.